The van der Waals surface area contributed by atoms with Gasteiger partial charge in [0.25, 0.3) is 10.0 Å². The molecule has 6 nitrogen and oxygen atoms in total. The van der Waals surface area contributed by atoms with Crippen LogP contribution in [-0.2, 0) is 16.4 Å². The molecule has 150 valence electrons. The smallest absolute Gasteiger partial charge is 0.265 e. The Kier molecular flexibility index (Phi) is 5.85. The summed E-state index contributed by atoms with van der Waals surface area (Å²) in [7, 11) is -4.65. The molecule has 3 aromatic rings. The van der Waals surface area contributed by atoms with Crippen LogP contribution in [0.2, 0.25) is 5.28 Å². The molecule has 1 heterocycles. The Morgan fingerprint density at radius 3 is 2.59 bits per heavy atom. The summed E-state index contributed by atoms with van der Waals surface area (Å²) in [4.78, 5) is 18.9. The van der Waals surface area contributed by atoms with Crippen molar-refractivity contribution >= 4 is 33.1 Å². The zero-order valence-corrected chi connectivity index (χ0v) is 15.9. The summed E-state index contributed by atoms with van der Waals surface area (Å²) in [5.41, 5.74) is -0.776. The first-order valence-electron chi connectivity index (χ1n) is 7.94. The van der Waals surface area contributed by atoms with Crippen molar-refractivity contribution in [3.63, 3.8) is 0 Å². The highest BCUT2D eigenvalue weighted by molar-refractivity contribution is 7.92. The summed E-state index contributed by atoms with van der Waals surface area (Å²) in [6.07, 6.45) is 1.01. The third-order valence-electron chi connectivity index (χ3n) is 3.75. The van der Waals surface area contributed by atoms with Crippen LogP contribution in [0.4, 0.5) is 18.9 Å². The molecule has 0 fully saturated rings. The first-order valence-corrected chi connectivity index (χ1v) is 9.80. The minimum absolute atomic E-state index is 0.0885. The molecule has 1 aromatic heterocycles. The zero-order valence-electron chi connectivity index (χ0n) is 14.4. The number of halogens is 4. The van der Waals surface area contributed by atoms with Crippen molar-refractivity contribution in [1.29, 1.82) is 0 Å². The molecular formula is C18H11ClF3N3O3S. The van der Waals surface area contributed by atoms with E-state index in [1.807, 2.05) is 4.72 Å². The lowest BCUT2D eigenvalue weighted by Gasteiger charge is -2.12. The van der Waals surface area contributed by atoms with E-state index in [2.05, 4.69) is 9.97 Å². The zero-order chi connectivity index (χ0) is 21.2. The molecule has 0 unspecified atom stereocenters. The first kappa shape index (κ1) is 20.7. The molecule has 1 N–H and O–H groups in total. The summed E-state index contributed by atoms with van der Waals surface area (Å²) >= 11 is 5.64. The maximum absolute atomic E-state index is 14.8. The third-order valence-corrected chi connectivity index (χ3v) is 5.31. The lowest BCUT2D eigenvalue weighted by molar-refractivity contribution is 0.0988. The normalized spacial score (nSPS) is 11.3. The van der Waals surface area contributed by atoms with Gasteiger partial charge in [-0.1, -0.05) is 6.07 Å². The largest absolute Gasteiger partial charge is 0.294 e. The van der Waals surface area contributed by atoms with Crippen LogP contribution in [0.25, 0.3) is 0 Å². The molecule has 0 spiro atoms. The average molecular weight is 442 g/mol. The summed E-state index contributed by atoms with van der Waals surface area (Å²) < 4.78 is 68.4. The van der Waals surface area contributed by atoms with E-state index in [1.54, 1.807) is 0 Å². The number of nitrogens with zero attached hydrogens (tertiary/aromatic N) is 2. The van der Waals surface area contributed by atoms with E-state index in [0.29, 0.717) is 12.1 Å². The fourth-order valence-corrected chi connectivity index (χ4v) is 3.75. The van der Waals surface area contributed by atoms with Crippen LogP contribution in [0.5, 0.6) is 0 Å². The second kappa shape index (κ2) is 8.18. The molecule has 2 aromatic carbocycles. The highest BCUT2D eigenvalue weighted by Gasteiger charge is 2.23. The molecule has 11 heteroatoms. The second-order valence-electron chi connectivity index (χ2n) is 5.76. The predicted octanol–water partition coefficient (Wildman–Crippen LogP) is 3.77. The third kappa shape index (κ3) is 4.72. The highest BCUT2D eigenvalue weighted by atomic mass is 35.5. The van der Waals surface area contributed by atoms with Gasteiger partial charge < -0.3 is 0 Å². The molecule has 0 bridgehead atoms. The van der Waals surface area contributed by atoms with Crippen molar-refractivity contribution in [1.82, 2.24) is 9.97 Å². The van der Waals surface area contributed by atoms with Crippen LogP contribution < -0.4 is 4.72 Å². The number of carbonyl (C=O) groups is 1. The van der Waals surface area contributed by atoms with Gasteiger partial charge in [-0.2, -0.15) is 0 Å². The Morgan fingerprint density at radius 1 is 1.10 bits per heavy atom. The molecule has 0 saturated carbocycles. The fourth-order valence-electron chi connectivity index (χ4n) is 2.44. The number of ketones is 1. The van der Waals surface area contributed by atoms with Gasteiger partial charge >= 0.3 is 0 Å². The minimum Gasteiger partial charge on any atom is -0.294 e. The Labute approximate surface area is 168 Å². The van der Waals surface area contributed by atoms with Crippen LogP contribution in [0.3, 0.4) is 0 Å². The number of aromatic nitrogens is 2. The van der Waals surface area contributed by atoms with E-state index in [-0.39, 0.29) is 17.4 Å². The van der Waals surface area contributed by atoms with Crippen molar-refractivity contribution in [3.8, 4) is 0 Å². The van der Waals surface area contributed by atoms with E-state index in [1.165, 1.54) is 18.3 Å². The molecule has 0 radical (unpaired) electrons. The quantitative estimate of drug-likeness (QED) is 0.464. The molecule has 0 saturated heterocycles. The first-order chi connectivity index (χ1) is 13.7. The molecule has 0 amide bonds. The van der Waals surface area contributed by atoms with Crippen LogP contribution >= 0.6 is 11.6 Å². The lowest BCUT2D eigenvalue weighted by Crippen LogP contribution is -2.17. The molecule has 29 heavy (non-hydrogen) atoms. The number of Topliss-reactive ketones (excluding diaryl/α,β-unsaturated/α-hetero) is 1. The highest BCUT2D eigenvalue weighted by Crippen LogP contribution is 2.24. The maximum atomic E-state index is 14.8. The van der Waals surface area contributed by atoms with Crippen molar-refractivity contribution in [2.24, 2.45) is 0 Å². The Morgan fingerprint density at radius 2 is 1.86 bits per heavy atom. The Hall–Kier alpha value is -2.98. The molecule has 0 atom stereocenters. The number of anilines is 1. The number of carbonyl (C=O) groups excluding carboxylic acids is 1. The van der Waals surface area contributed by atoms with Gasteiger partial charge in [-0.25, -0.2) is 31.6 Å². The van der Waals surface area contributed by atoms with Gasteiger partial charge in [0, 0.05) is 6.20 Å². The van der Waals surface area contributed by atoms with E-state index in [0.717, 1.165) is 18.2 Å². The summed E-state index contributed by atoms with van der Waals surface area (Å²) in [6.45, 7) is 0. The number of hydrogen-bond donors (Lipinski definition) is 1. The van der Waals surface area contributed by atoms with Crippen molar-refractivity contribution in [3.05, 3.63) is 82.7 Å². The monoisotopic (exact) mass is 441 g/mol. The number of rotatable bonds is 6. The predicted molar refractivity (Wildman–Crippen MR) is 98.6 cm³/mol. The maximum Gasteiger partial charge on any atom is 0.265 e. The van der Waals surface area contributed by atoms with Gasteiger partial charge in [0.1, 0.15) is 16.5 Å². The van der Waals surface area contributed by atoms with Gasteiger partial charge in [-0.3, -0.25) is 9.52 Å². The second-order valence-corrected chi connectivity index (χ2v) is 7.75. The number of hydrogen-bond acceptors (Lipinski definition) is 5. The molecule has 0 aliphatic heterocycles. The van der Waals surface area contributed by atoms with Crippen molar-refractivity contribution < 1.29 is 26.4 Å². The topological polar surface area (TPSA) is 89.0 Å². The lowest BCUT2D eigenvalue weighted by atomic mass is 10.1. The molecule has 0 aliphatic carbocycles. The Bertz CT molecular complexity index is 1210. The standard InChI is InChI=1S/C18H11ClF3N3O3S/c19-18-23-7-6-11(24-18)9-15(26)12-2-1-3-14(17(12)22)25-29(27,28)16-8-10(20)4-5-13(16)21/h1-8,25H,9H2. The van der Waals surface area contributed by atoms with Crippen molar-refractivity contribution in [2.75, 3.05) is 4.72 Å². The minimum atomic E-state index is -4.65. The van der Waals surface area contributed by atoms with Gasteiger partial charge in [-0.15, -0.1) is 0 Å². The van der Waals surface area contributed by atoms with E-state index >= 15 is 0 Å². The van der Waals surface area contributed by atoms with Crippen molar-refractivity contribution in [2.45, 2.75) is 11.3 Å². The van der Waals surface area contributed by atoms with E-state index in [9.17, 15) is 26.4 Å². The van der Waals surface area contributed by atoms with Gasteiger partial charge in [0.2, 0.25) is 5.28 Å². The molecule has 3 rings (SSSR count). The summed E-state index contributed by atoms with van der Waals surface area (Å²) in [5, 5.41) is -0.0885. The number of sulfonamides is 1. The van der Waals surface area contributed by atoms with Crippen LogP contribution in [0.1, 0.15) is 16.1 Å². The Balaban J connectivity index is 1.90. The number of benzene rings is 2. The molecule has 0 aliphatic rings. The average Bonchev–Trinajstić information content (AvgIpc) is 2.65. The van der Waals surface area contributed by atoms with Gasteiger partial charge in [0.05, 0.1) is 23.4 Å². The van der Waals surface area contributed by atoms with Gasteiger partial charge in [0.15, 0.2) is 11.6 Å². The van der Waals surface area contributed by atoms with E-state index < -0.39 is 49.4 Å². The van der Waals surface area contributed by atoms with Crippen LogP contribution in [0.15, 0.2) is 53.6 Å². The van der Waals surface area contributed by atoms with Gasteiger partial charge in [-0.05, 0) is 48.0 Å². The van der Waals surface area contributed by atoms with Crippen LogP contribution in [-0.4, -0.2) is 24.2 Å². The summed E-state index contributed by atoms with van der Waals surface area (Å²) in [6, 6.07) is 6.69. The SMILES string of the molecule is O=C(Cc1ccnc(Cl)n1)c1cccc(NS(=O)(=O)c2cc(F)ccc2F)c1F. The van der Waals surface area contributed by atoms with E-state index in [4.69, 9.17) is 11.6 Å². The summed E-state index contributed by atoms with van der Waals surface area (Å²) in [5.74, 6) is -4.07. The number of nitrogens with one attached hydrogen (secondary N) is 1. The molecular weight excluding hydrogens is 431 g/mol. The van der Waals surface area contributed by atoms with Crippen LogP contribution in [0, 0.1) is 17.5 Å². The fraction of sp³-hybridized carbons (Fsp3) is 0.0556.